The molecule has 0 bridgehead atoms. The number of H-pyrrole nitrogens is 1. The van der Waals surface area contributed by atoms with Gasteiger partial charge in [0.2, 0.25) is 0 Å². The van der Waals surface area contributed by atoms with Crippen molar-refractivity contribution in [2.75, 3.05) is 11.9 Å². The average molecular weight is 319 g/mol. The number of aromatic amines is 1. The number of hydrogen-bond donors (Lipinski definition) is 2. The number of carbonyl (C=O) groups excluding carboxylic acids is 1. The van der Waals surface area contributed by atoms with E-state index in [2.05, 4.69) is 34.7 Å². The number of nitrogens with zero attached hydrogens (tertiary/aromatic N) is 1. The summed E-state index contributed by atoms with van der Waals surface area (Å²) >= 11 is 0. The fraction of sp³-hybridized carbons (Fsp3) is 0.250. The molecule has 3 aromatic rings. The van der Waals surface area contributed by atoms with Gasteiger partial charge in [-0.3, -0.25) is 0 Å². The smallest absolute Gasteiger partial charge is 0.322 e. The van der Waals surface area contributed by atoms with E-state index >= 15 is 0 Å². The number of amides is 2. The van der Waals surface area contributed by atoms with Crippen LogP contribution in [0.15, 0.2) is 60.8 Å². The third-order valence-corrected chi connectivity index (χ3v) is 4.79. The van der Waals surface area contributed by atoms with Crippen molar-refractivity contribution in [3.8, 4) is 0 Å². The Morgan fingerprint density at radius 3 is 2.79 bits per heavy atom. The molecule has 24 heavy (non-hydrogen) atoms. The molecular formula is C20H21N3O. The predicted octanol–water partition coefficient (Wildman–Crippen LogP) is 4.41. The Balaban J connectivity index is 1.49. The van der Waals surface area contributed by atoms with Gasteiger partial charge in [-0.2, -0.15) is 0 Å². The van der Waals surface area contributed by atoms with E-state index in [1.54, 1.807) is 0 Å². The largest absolute Gasteiger partial charge is 0.361 e. The van der Waals surface area contributed by atoms with Crippen LogP contribution in [0.5, 0.6) is 0 Å². The lowest BCUT2D eigenvalue weighted by Gasteiger charge is -2.25. The number of fused-ring (bicyclic) bond motifs is 1. The highest BCUT2D eigenvalue weighted by molar-refractivity contribution is 5.90. The van der Waals surface area contributed by atoms with Crippen LogP contribution in [0, 0.1) is 0 Å². The van der Waals surface area contributed by atoms with Crippen LogP contribution in [0.4, 0.5) is 10.5 Å². The predicted molar refractivity (Wildman–Crippen MR) is 97.2 cm³/mol. The summed E-state index contributed by atoms with van der Waals surface area (Å²) in [6.45, 7) is 0.825. The van der Waals surface area contributed by atoms with Crippen molar-refractivity contribution in [2.24, 2.45) is 0 Å². The van der Waals surface area contributed by atoms with Gasteiger partial charge in [0.1, 0.15) is 0 Å². The molecule has 1 fully saturated rings. The Labute approximate surface area is 141 Å². The van der Waals surface area contributed by atoms with E-state index in [9.17, 15) is 4.79 Å². The molecule has 122 valence electrons. The van der Waals surface area contributed by atoms with Crippen LogP contribution in [0.3, 0.4) is 0 Å². The molecule has 4 nitrogen and oxygen atoms in total. The van der Waals surface area contributed by atoms with E-state index in [-0.39, 0.29) is 12.1 Å². The van der Waals surface area contributed by atoms with E-state index < -0.39 is 0 Å². The molecule has 1 aromatic heterocycles. The number of rotatable bonds is 3. The van der Waals surface area contributed by atoms with Crippen molar-refractivity contribution >= 4 is 22.6 Å². The van der Waals surface area contributed by atoms with Gasteiger partial charge in [0.05, 0.1) is 0 Å². The number of nitrogens with one attached hydrogen (secondary N) is 2. The van der Waals surface area contributed by atoms with E-state index in [4.69, 9.17) is 0 Å². The lowest BCUT2D eigenvalue weighted by molar-refractivity contribution is 0.206. The maximum atomic E-state index is 12.6. The molecule has 2 heterocycles. The SMILES string of the molecule is O=C(Nc1ccccc1)N1CCCC1Cc1c[nH]c2ccccc12. The first-order chi connectivity index (χ1) is 11.8. The number of urea groups is 1. The second kappa shape index (κ2) is 6.40. The number of aromatic nitrogens is 1. The summed E-state index contributed by atoms with van der Waals surface area (Å²) in [4.78, 5) is 17.9. The van der Waals surface area contributed by atoms with Gasteiger partial charge >= 0.3 is 6.03 Å². The molecule has 1 unspecified atom stereocenters. The molecule has 2 N–H and O–H groups in total. The van der Waals surface area contributed by atoms with E-state index in [0.717, 1.165) is 37.0 Å². The highest BCUT2D eigenvalue weighted by Gasteiger charge is 2.29. The van der Waals surface area contributed by atoms with Crippen molar-refractivity contribution in [1.82, 2.24) is 9.88 Å². The minimum Gasteiger partial charge on any atom is -0.361 e. The van der Waals surface area contributed by atoms with Gasteiger partial charge in [-0.05, 0) is 43.0 Å². The molecule has 1 aliphatic heterocycles. The molecule has 0 radical (unpaired) electrons. The van der Waals surface area contributed by atoms with Crippen LogP contribution in [0.25, 0.3) is 10.9 Å². The summed E-state index contributed by atoms with van der Waals surface area (Å²) in [6, 6.07) is 18.3. The summed E-state index contributed by atoms with van der Waals surface area (Å²) in [7, 11) is 0. The molecule has 4 heteroatoms. The van der Waals surface area contributed by atoms with Gasteiger partial charge in [0, 0.05) is 35.4 Å². The number of para-hydroxylation sites is 2. The lowest BCUT2D eigenvalue weighted by Crippen LogP contribution is -2.39. The standard InChI is InChI=1S/C20H21N3O/c24-20(22-16-7-2-1-3-8-16)23-12-6-9-17(23)13-15-14-21-19-11-5-4-10-18(15)19/h1-5,7-8,10-11,14,17,21H,6,9,12-13H2,(H,22,24). The van der Waals surface area contributed by atoms with Gasteiger partial charge in [0.15, 0.2) is 0 Å². The number of anilines is 1. The number of hydrogen-bond acceptors (Lipinski definition) is 1. The van der Waals surface area contributed by atoms with Crippen LogP contribution in [-0.2, 0) is 6.42 Å². The fourth-order valence-electron chi connectivity index (χ4n) is 3.59. The zero-order valence-electron chi connectivity index (χ0n) is 13.5. The second-order valence-electron chi connectivity index (χ2n) is 6.35. The van der Waals surface area contributed by atoms with Crippen molar-refractivity contribution in [1.29, 1.82) is 0 Å². The minimum absolute atomic E-state index is 0.00328. The Bertz CT molecular complexity index is 840. The first kappa shape index (κ1) is 14.8. The second-order valence-corrected chi connectivity index (χ2v) is 6.35. The van der Waals surface area contributed by atoms with Gasteiger partial charge in [-0.15, -0.1) is 0 Å². The normalized spacial score (nSPS) is 17.3. The molecule has 2 aromatic carbocycles. The average Bonchev–Trinajstić information content (AvgIpc) is 3.24. The highest BCUT2D eigenvalue weighted by Crippen LogP contribution is 2.26. The van der Waals surface area contributed by atoms with Crippen molar-refractivity contribution in [3.63, 3.8) is 0 Å². The summed E-state index contributed by atoms with van der Waals surface area (Å²) < 4.78 is 0. The van der Waals surface area contributed by atoms with Gasteiger partial charge < -0.3 is 15.2 Å². The molecule has 0 spiro atoms. The number of carbonyl (C=O) groups is 1. The summed E-state index contributed by atoms with van der Waals surface area (Å²) in [6.07, 6.45) is 5.10. The minimum atomic E-state index is 0.00328. The van der Waals surface area contributed by atoms with Crippen molar-refractivity contribution in [2.45, 2.75) is 25.3 Å². The molecule has 0 saturated carbocycles. The number of likely N-dealkylation sites (tertiary alicyclic amines) is 1. The molecule has 1 aliphatic rings. The van der Waals surface area contributed by atoms with Gasteiger partial charge in [0.25, 0.3) is 0 Å². The molecule has 0 aliphatic carbocycles. The first-order valence-electron chi connectivity index (χ1n) is 8.49. The first-order valence-corrected chi connectivity index (χ1v) is 8.49. The fourth-order valence-corrected chi connectivity index (χ4v) is 3.59. The van der Waals surface area contributed by atoms with Crippen LogP contribution in [-0.4, -0.2) is 28.5 Å². The number of benzene rings is 2. The summed E-state index contributed by atoms with van der Waals surface area (Å²) in [5.41, 5.74) is 3.29. The van der Waals surface area contributed by atoms with Crippen LogP contribution < -0.4 is 5.32 Å². The zero-order chi connectivity index (χ0) is 16.4. The van der Waals surface area contributed by atoms with Crippen molar-refractivity contribution < 1.29 is 4.79 Å². The van der Waals surface area contributed by atoms with E-state index in [1.807, 2.05) is 41.3 Å². The quantitative estimate of drug-likeness (QED) is 0.738. The van der Waals surface area contributed by atoms with Crippen LogP contribution in [0.2, 0.25) is 0 Å². The third kappa shape index (κ3) is 2.87. The lowest BCUT2D eigenvalue weighted by atomic mass is 10.0. The van der Waals surface area contributed by atoms with Crippen LogP contribution in [0.1, 0.15) is 18.4 Å². The molecule has 1 atom stereocenters. The summed E-state index contributed by atoms with van der Waals surface area (Å²) in [5, 5.41) is 4.27. The Morgan fingerprint density at radius 1 is 1.12 bits per heavy atom. The molecule has 2 amide bonds. The Kier molecular flexibility index (Phi) is 3.95. The van der Waals surface area contributed by atoms with E-state index in [1.165, 1.54) is 10.9 Å². The highest BCUT2D eigenvalue weighted by atomic mass is 16.2. The Hall–Kier alpha value is -2.75. The monoisotopic (exact) mass is 319 g/mol. The maximum Gasteiger partial charge on any atom is 0.322 e. The Morgan fingerprint density at radius 2 is 1.92 bits per heavy atom. The third-order valence-electron chi connectivity index (χ3n) is 4.79. The topological polar surface area (TPSA) is 48.1 Å². The maximum absolute atomic E-state index is 12.6. The van der Waals surface area contributed by atoms with Gasteiger partial charge in [-0.25, -0.2) is 4.79 Å². The molecular weight excluding hydrogens is 298 g/mol. The molecule has 1 saturated heterocycles. The van der Waals surface area contributed by atoms with Crippen LogP contribution >= 0.6 is 0 Å². The van der Waals surface area contributed by atoms with Gasteiger partial charge in [-0.1, -0.05) is 36.4 Å². The zero-order valence-corrected chi connectivity index (χ0v) is 13.5. The van der Waals surface area contributed by atoms with E-state index in [0.29, 0.717) is 0 Å². The summed E-state index contributed by atoms with van der Waals surface area (Å²) in [5.74, 6) is 0. The molecule has 4 rings (SSSR count). The van der Waals surface area contributed by atoms with Crippen molar-refractivity contribution in [3.05, 3.63) is 66.4 Å².